The van der Waals surface area contributed by atoms with E-state index in [-0.39, 0.29) is 17.7 Å². The minimum Gasteiger partial charge on any atom is -0.491 e. The Hall–Kier alpha value is -8.83. The Bertz CT molecular complexity index is 3830. The van der Waals surface area contributed by atoms with Crippen molar-refractivity contribution < 1.29 is 28.3 Å². The van der Waals surface area contributed by atoms with Crippen LogP contribution in [0.2, 0.25) is 0 Å². The second-order valence-corrected chi connectivity index (χ2v) is 20.9. The zero-order chi connectivity index (χ0) is 57.2. The molecule has 8 aromatic carbocycles. The number of rotatable bonds is 14. The van der Waals surface area contributed by atoms with E-state index in [4.69, 9.17) is 29.7 Å². The second kappa shape index (κ2) is 25.3. The van der Waals surface area contributed by atoms with E-state index in [1.807, 2.05) is 70.2 Å². The molecule has 0 aliphatic heterocycles. The van der Waals surface area contributed by atoms with Crippen molar-refractivity contribution in [1.82, 2.24) is 29.5 Å². The fraction of sp³-hybridized carbons (Fsp3) is 0.118. The van der Waals surface area contributed by atoms with Crippen molar-refractivity contribution in [3.05, 3.63) is 304 Å². The molecule has 4 aromatic heterocycles. The molecule has 82 heavy (non-hydrogen) atoms. The molecule has 0 unspecified atom stereocenters. The lowest BCUT2D eigenvalue weighted by molar-refractivity contribution is 0.242. The molecule has 0 bridgehead atoms. The maximum absolute atomic E-state index is 14.4. The number of nitrogens with zero attached hydrogens (tertiary/aromatic N) is 6. The van der Waals surface area contributed by atoms with Gasteiger partial charge in [-0.15, -0.1) is 0 Å². The molecule has 12 rings (SSSR count). The highest BCUT2D eigenvalue weighted by Crippen LogP contribution is 2.46. The minimum absolute atomic E-state index is 0.0105. The van der Waals surface area contributed by atoms with Crippen molar-refractivity contribution in [2.75, 3.05) is 0 Å². The van der Waals surface area contributed by atoms with E-state index in [2.05, 4.69) is 218 Å². The molecule has 0 aliphatic carbocycles. The van der Waals surface area contributed by atoms with Gasteiger partial charge >= 0.3 is 7.12 Å². The largest absolute Gasteiger partial charge is 0.491 e. The van der Waals surface area contributed by atoms with Crippen LogP contribution in [0, 0.1) is 15.6 Å². The molecule has 12 aromatic rings. The molecule has 4 heterocycles. The molecule has 0 aliphatic rings. The third-order valence-corrected chi connectivity index (χ3v) is 14.6. The summed E-state index contributed by atoms with van der Waals surface area (Å²) in [5.74, 6) is 0.327. The predicted octanol–water partition coefficient (Wildman–Crippen LogP) is 14.0. The van der Waals surface area contributed by atoms with E-state index in [1.54, 1.807) is 6.07 Å². The van der Waals surface area contributed by atoms with Gasteiger partial charge in [-0.1, -0.05) is 182 Å². The zero-order valence-corrected chi connectivity index (χ0v) is 47.7. The number of benzene rings is 8. The van der Waals surface area contributed by atoms with Gasteiger partial charge in [0.15, 0.2) is 0 Å². The summed E-state index contributed by atoms with van der Waals surface area (Å²) >= 11 is 2.34. The summed E-state index contributed by atoms with van der Waals surface area (Å²) in [6.45, 7) is 8.09. The number of pyridine rings is 2. The fourth-order valence-electron chi connectivity index (χ4n) is 10.5. The van der Waals surface area contributed by atoms with Crippen LogP contribution in [-0.2, 0) is 11.1 Å². The van der Waals surface area contributed by atoms with Crippen LogP contribution in [0.25, 0.3) is 33.1 Å². The van der Waals surface area contributed by atoms with E-state index in [0.717, 1.165) is 76.5 Å². The summed E-state index contributed by atoms with van der Waals surface area (Å²) in [5, 5.41) is 29.4. The quantitative estimate of drug-likeness (QED) is 0.0478. The second-order valence-electron chi connectivity index (χ2n) is 19.9. The van der Waals surface area contributed by atoms with Crippen molar-refractivity contribution in [2.24, 2.45) is 0 Å². The molecule has 2 N–H and O–H groups in total. The monoisotopic (exact) mass is 1200 g/mol. The van der Waals surface area contributed by atoms with Crippen molar-refractivity contribution >= 4 is 57.0 Å². The Morgan fingerprint density at radius 2 is 0.793 bits per heavy atom. The zero-order valence-electron chi connectivity index (χ0n) is 45.5. The third kappa shape index (κ3) is 11.7. The number of halogens is 3. The molecule has 0 spiro atoms. The first-order valence-electron chi connectivity index (χ1n) is 26.9. The van der Waals surface area contributed by atoms with E-state index in [1.165, 1.54) is 24.5 Å². The molecule has 0 amide bonds. The Morgan fingerprint density at radius 1 is 0.439 bits per heavy atom. The molecule has 14 heteroatoms. The Labute approximate surface area is 489 Å². The van der Waals surface area contributed by atoms with E-state index >= 15 is 0 Å². The third-order valence-electron chi connectivity index (χ3n) is 13.8. The summed E-state index contributed by atoms with van der Waals surface area (Å²) in [6.07, 6.45) is 2.77. The van der Waals surface area contributed by atoms with Crippen LogP contribution in [0.3, 0.4) is 0 Å². The summed E-state index contributed by atoms with van der Waals surface area (Å²) in [4.78, 5) is 7.01. The summed E-state index contributed by atoms with van der Waals surface area (Å²) < 4.78 is 43.8. The Kier molecular flexibility index (Phi) is 17.4. The van der Waals surface area contributed by atoms with Gasteiger partial charge in [0, 0.05) is 34.8 Å². The molecule has 0 saturated heterocycles. The Morgan fingerprint density at radius 3 is 1.15 bits per heavy atom. The molecule has 10 nitrogen and oxygen atoms in total. The average Bonchev–Trinajstić information content (AvgIpc) is 2.22. The normalized spacial score (nSPS) is 11.5. The van der Waals surface area contributed by atoms with Crippen molar-refractivity contribution in [1.29, 1.82) is 0 Å². The van der Waals surface area contributed by atoms with Crippen molar-refractivity contribution in [2.45, 2.75) is 51.0 Å². The van der Waals surface area contributed by atoms with Gasteiger partial charge in [0.1, 0.15) is 32.0 Å². The molecular formula is C68H58BF2IN6O4. The van der Waals surface area contributed by atoms with Crippen LogP contribution in [0.15, 0.2) is 255 Å². The van der Waals surface area contributed by atoms with Crippen molar-refractivity contribution in [3.63, 3.8) is 0 Å². The highest BCUT2D eigenvalue weighted by molar-refractivity contribution is 14.1. The number of hydrogen-bond acceptors (Lipinski definition) is 8. The maximum Gasteiger partial charge on any atom is 0.488 e. The first-order valence-corrected chi connectivity index (χ1v) is 27.9. The van der Waals surface area contributed by atoms with Gasteiger partial charge in [-0.2, -0.15) is 19.0 Å². The Balaban J connectivity index is 0.000000159. The van der Waals surface area contributed by atoms with Crippen molar-refractivity contribution in [3.8, 4) is 22.8 Å². The molecule has 0 fully saturated rings. The maximum atomic E-state index is 14.4. The van der Waals surface area contributed by atoms with Gasteiger partial charge in [0.25, 0.3) is 0 Å². The van der Waals surface area contributed by atoms with Crippen LogP contribution in [0.4, 0.5) is 8.78 Å². The summed E-state index contributed by atoms with van der Waals surface area (Å²) in [5.41, 5.74) is 8.57. The predicted molar refractivity (Wildman–Crippen MR) is 330 cm³/mol. The highest BCUT2D eigenvalue weighted by Gasteiger charge is 2.42. The first-order chi connectivity index (χ1) is 39.9. The SMILES string of the molecule is CC(C)Oc1ccc2c(c1)c(-c1ccnc(F)c1)nn2C(c1ccccc1)(c1ccccc1)c1ccccc1.CC(C)Oc1ccc2c(c1)c(I)nn2C(c1ccccc1)(c1ccccc1)c1ccccc1.OB(O)c1ccnc(F)c1. The minimum atomic E-state index is -1.63. The number of ether oxygens (including phenoxy) is 2. The van der Waals surface area contributed by atoms with Gasteiger partial charge in [0.2, 0.25) is 11.9 Å². The van der Waals surface area contributed by atoms with E-state index in [9.17, 15) is 8.78 Å². The van der Waals surface area contributed by atoms with Gasteiger partial charge in [-0.05, 0) is 144 Å². The average molecular weight is 1200 g/mol. The van der Waals surface area contributed by atoms with Crippen LogP contribution >= 0.6 is 22.6 Å². The number of aromatic nitrogens is 6. The standard InChI is InChI=1S/C34H28FN3O.C29H25IN2O.C5H5BFNO2/c1-24(2)39-29-18-19-31-30(23-29)33(25-20-21-36-32(35)22-25)37-38(31)34(26-12-6-3-7-13-26,27-14-8-4-9-15-27)28-16-10-5-11-17-28;1-21(2)33-25-18-19-27-26(20-25)28(30)31-32(27)29(22-12-6-3-7-13-22,23-14-8-4-9-15-23)24-16-10-5-11-17-24;7-5-3-4(6(9)10)1-2-8-5/h3-24H,1-2H3;3-21H,1-2H3;1-3,9-10H. The van der Waals surface area contributed by atoms with E-state index < -0.39 is 30.1 Å². The van der Waals surface area contributed by atoms with Crippen LogP contribution in [-0.4, -0.2) is 58.9 Å². The molecule has 408 valence electrons. The molecule has 0 atom stereocenters. The smallest absolute Gasteiger partial charge is 0.488 e. The number of fused-ring (bicyclic) bond motifs is 2. The van der Waals surface area contributed by atoms with Gasteiger partial charge in [0.05, 0.1) is 23.2 Å². The number of hydrogen-bond donors (Lipinski definition) is 2. The van der Waals surface area contributed by atoms with Gasteiger partial charge < -0.3 is 19.5 Å². The molecule has 0 radical (unpaired) electrons. The molecule has 0 saturated carbocycles. The van der Waals surface area contributed by atoms with E-state index in [0.29, 0.717) is 11.3 Å². The summed E-state index contributed by atoms with van der Waals surface area (Å²) in [7, 11) is -1.63. The van der Waals surface area contributed by atoms with Gasteiger partial charge in [-0.3, -0.25) is 0 Å². The first kappa shape index (κ1) is 56.4. The van der Waals surface area contributed by atoms with Crippen LogP contribution in [0.5, 0.6) is 11.5 Å². The van der Waals surface area contributed by atoms with Gasteiger partial charge in [-0.25, -0.2) is 19.3 Å². The lowest BCUT2D eigenvalue weighted by atomic mass is 9.77. The summed E-state index contributed by atoms with van der Waals surface area (Å²) in [6, 6.07) is 80.9. The fourth-order valence-corrected chi connectivity index (χ4v) is 11.2. The highest BCUT2D eigenvalue weighted by atomic mass is 127. The van der Waals surface area contributed by atoms with Crippen LogP contribution < -0.4 is 14.9 Å². The lowest BCUT2D eigenvalue weighted by Crippen LogP contribution is -2.38. The lowest BCUT2D eigenvalue weighted by Gasteiger charge is -2.37. The topological polar surface area (TPSA) is 120 Å². The molecular weight excluding hydrogens is 1140 g/mol. The van der Waals surface area contributed by atoms with Crippen LogP contribution in [0.1, 0.15) is 61.1 Å².